The Balaban J connectivity index is 1.41. The molecule has 0 saturated carbocycles. The van der Waals surface area contributed by atoms with Crippen molar-refractivity contribution >= 4 is 23.2 Å². The third kappa shape index (κ3) is 3.86. The molecule has 0 aromatic heterocycles. The Morgan fingerprint density at radius 1 is 0.643 bits per heavy atom. The number of nitrogens with one attached hydrogen (secondary N) is 2. The van der Waals surface area contributed by atoms with E-state index in [2.05, 4.69) is 33.2 Å². The third-order valence-corrected chi connectivity index (χ3v) is 5.17. The van der Waals surface area contributed by atoms with Gasteiger partial charge in [0.25, 0.3) is 0 Å². The van der Waals surface area contributed by atoms with E-state index in [4.69, 9.17) is 0 Å². The van der Waals surface area contributed by atoms with E-state index in [9.17, 15) is 9.59 Å². The lowest BCUT2D eigenvalue weighted by atomic mass is 9.90. The van der Waals surface area contributed by atoms with Gasteiger partial charge in [-0.15, -0.1) is 0 Å². The topological polar surface area (TPSA) is 82.9 Å². The largest absolute Gasteiger partial charge is 0.331 e. The molecule has 0 radical (unpaired) electrons. The van der Waals surface area contributed by atoms with Gasteiger partial charge in [0.1, 0.15) is 0 Å². The van der Waals surface area contributed by atoms with Crippen LogP contribution in [0.2, 0.25) is 0 Å². The maximum absolute atomic E-state index is 12.1. The molecule has 0 unspecified atom stereocenters. The van der Waals surface area contributed by atoms with Gasteiger partial charge < -0.3 is 0 Å². The van der Waals surface area contributed by atoms with E-state index in [1.165, 1.54) is 11.1 Å². The Bertz CT molecular complexity index is 899. The molecule has 2 amide bonds. The van der Waals surface area contributed by atoms with Gasteiger partial charge in [-0.25, -0.2) is 10.9 Å². The van der Waals surface area contributed by atoms with E-state index >= 15 is 0 Å². The number of amides is 2. The highest BCUT2D eigenvalue weighted by molar-refractivity contribution is 6.35. The number of rotatable bonds is 2. The monoisotopic (exact) mass is 374 g/mol. The molecule has 0 atom stereocenters. The van der Waals surface area contributed by atoms with Crippen LogP contribution in [0.4, 0.5) is 0 Å². The highest BCUT2D eigenvalue weighted by Gasteiger charge is 2.19. The molecular weight excluding hydrogens is 352 g/mol. The first kappa shape index (κ1) is 18.1. The van der Waals surface area contributed by atoms with Crippen LogP contribution < -0.4 is 10.9 Å². The van der Waals surface area contributed by atoms with Crippen molar-refractivity contribution in [3.8, 4) is 0 Å². The van der Waals surface area contributed by atoms with Gasteiger partial charge in [-0.3, -0.25) is 9.59 Å². The molecule has 6 heteroatoms. The summed E-state index contributed by atoms with van der Waals surface area (Å²) in [6.07, 6.45) is 5.51. The zero-order chi connectivity index (χ0) is 19.3. The van der Waals surface area contributed by atoms with Gasteiger partial charge in [-0.2, -0.15) is 10.2 Å². The first-order valence-corrected chi connectivity index (χ1v) is 9.62. The standard InChI is InChI=1S/C22H22N4O2/c27-21(25-23-19-13-5-9-15-7-1-3-11-17(15)19)22(28)26-24-20-14-6-10-16-8-2-4-12-18(16)20/h1-4,7-8,11-12H,5-6,9-10,13-14H2,(H,25,27)(H,26,28)/b23-19+,24-20+. The summed E-state index contributed by atoms with van der Waals surface area (Å²) < 4.78 is 0. The van der Waals surface area contributed by atoms with Crippen molar-refractivity contribution < 1.29 is 9.59 Å². The SMILES string of the molecule is O=C(N/N=C1\CCCc2ccccc21)C(=O)N/N=C1\CCCc2ccccc21. The van der Waals surface area contributed by atoms with Gasteiger partial charge in [0, 0.05) is 11.1 Å². The van der Waals surface area contributed by atoms with Crippen molar-refractivity contribution in [2.75, 3.05) is 0 Å². The number of carbonyl (C=O) groups excluding carboxylic acids is 2. The van der Waals surface area contributed by atoms with Gasteiger partial charge in [0.05, 0.1) is 11.4 Å². The first-order chi connectivity index (χ1) is 13.7. The zero-order valence-electron chi connectivity index (χ0n) is 15.6. The average molecular weight is 374 g/mol. The van der Waals surface area contributed by atoms with Crippen molar-refractivity contribution in [2.45, 2.75) is 38.5 Å². The van der Waals surface area contributed by atoms with Crippen molar-refractivity contribution in [3.05, 3.63) is 70.8 Å². The average Bonchev–Trinajstić information content (AvgIpc) is 2.75. The van der Waals surface area contributed by atoms with Crippen LogP contribution in [0.25, 0.3) is 0 Å². The number of carbonyl (C=O) groups is 2. The molecule has 0 aliphatic heterocycles. The lowest BCUT2D eigenvalue weighted by molar-refractivity contribution is -0.139. The number of aryl methyl sites for hydroxylation is 2. The number of nitrogens with zero attached hydrogens (tertiary/aromatic N) is 2. The second-order valence-electron chi connectivity index (χ2n) is 7.02. The summed E-state index contributed by atoms with van der Waals surface area (Å²) in [5.41, 5.74) is 10.8. The fourth-order valence-electron chi connectivity index (χ4n) is 3.77. The normalized spacial score (nSPS) is 18.3. The Labute approximate surface area is 163 Å². The molecule has 4 rings (SSSR count). The van der Waals surface area contributed by atoms with Gasteiger partial charge in [0.15, 0.2) is 0 Å². The van der Waals surface area contributed by atoms with Crippen LogP contribution in [-0.4, -0.2) is 23.2 Å². The number of fused-ring (bicyclic) bond motifs is 2. The number of hydrogen-bond acceptors (Lipinski definition) is 4. The number of hydrogen-bond donors (Lipinski definition) is 2. The van der Waals surface area contributed by atoms with Crippen LogP contribution in [0.3, 0.4) is 0 Å². The molecule has 0 fully saturated rings. The van der Waals surface area contributed by atoms with Gasteiger partial charge in [0.2, 0.25) is 0 Å². The molecule has 0 heterocycles. The fraction of sp³-hybridized carbons (Fsp3) is 0.273. The van der Waals surface area contributed by atoms with Crippen molar-refractivity contribution in [1.29, 1.82) is 0 Å². The van der Waals surface area contributed by atoms with E-state index in [1.54, 1.807) is 0 Å². The molecule has 0 bridgehead atoms. The maximum Gasteiger partial charge on any atom is 0.331 e. The van der Waals surface area contributed by atoms with Crippen LogP contribution in [0, 0.1) is 0 Å². The molecule has 6 nitrogen and oxygen atoms in total. The molecule has 28 heavy (non-hydrogen) atoms. The second-order valence-corrected chi connectivity index (χ2v) is 7.02. The third-order valence-electron chi connectivity index (χ3n) is 5.17. The second kappa shape index (κ2) is 8.17. The van der Waals surface area contributed by atoms with Crippen LogP contribution in [0.5, 0.6) is 0 Å². The predicted octanol–water partition coefficient (Wildman–Crippen LogP) is 2.70. The summed E-state index contributed by atoms with van der Waals surface area (Å²) in [4.78, 5) is 24.2. The Kier molecular flexibility index (Phi) is 5.28. The van der Waals surface area contributed by atoms with Crippen molar-refractivity contribution in [1.82, 2.24) is 10.9 Å². The van der Waals surface area contributed by atoms with Gasteiger partial charge in [-0.05, 0) is 49.7 Å². The van der Waals surface area contributed by atoms with Crippen LogP contribution in [0.1, 0.15) is 47.9 Å². The van der Waals surface area contributed by atoms with Gasteiger partial charge >= 0.3 is 11.8 Å². The predicted molar refractivity (Wildman–Crippen MR) is 108 cm³/mol. The van der Waals surface area contributed by atoms with Crippen molar-refractivity contribution in [3.63, 3.8) is 0 Å². The molecule has 142 valence electrons. The fourth-order valence-corrected chi connectivity index (χ4v) is 3.77. The number of hydrazone groups is 2. The quantitative estimate of drug-likeness (QED) is 0.626. The molecular formula is C22H22N4O2. The van der Waals surface area contributed by atoms with Gasteiger partial charge in [-0.1, -0.05) is 48.5 Å². The van der Waals surface area contributed by atoms with Crippen LogP contribution >= 0.6 is 0 Å². The molecule has 0 saturated heterocycles. The van der Waals surface area contributed by atoms with E-state index in [0.717, 1.165) is 61.1 Å². The summed E-state index contributed by atoms with van der Waals surface area (Å²) in [6.45, 7) is 0. The molecule has 2 aromatic carbocycles. The summed E-state index contributed by atoms with van der Waals surface area (Å²) in [6, 6.07) is 16.0. The summed E-state index contributed by atoms with van der Waals surface area (Å²) >= 11 is 0. The lowest BCUT2D eigenvalue weighted by Gasteiger charge is -2.17. The highest BCUT2D eigenvalue weighted by Crippen LogP contribution is 2.22. The zero-order valence-corrected chi connectivity index (χ0v) is 15.6. The summed E-state index contributed by atoms with van der Waals surface area (Å²) in [5, 5.41) is 8.37. The highest BCUT2D eigenvalue weighted by atomic mass is 16.2. The van der Waals surface area contributed by atoms with Crippen molar-refractivity contribution in [2.24, 2.45) is 10.2 Å². The molecule has 0 spiro atoms. The van der Waals surface area contributed by atoms with Crippen LogP contribution in [0.15, 0.2) is 58.7 Å². The van der Waals surface area contributed by atoms with Crippen LogP contribution in [-0.2, 0) is 22.4 Å². The molecule has 2 aliphatic rings. The molecule has 2 aliphatic carbocycles. The smallest absolute Gasteiger partial charge is 0.262 e. The minimum Gasteiger partial charge on any atom is -0.262 e. The Morgan fingerprint density at radius 2 is 1.07 bits per heavy atom. The summed E-state index contributed by atoms with van der Waals surface area (Å²) in [7, 11) is 0. The Hall–Kier alpha value is -3.28. The minimum absolute atomic E-state index is 0.776. The first-order valence-electron chi connectivity index (χ1n) is 9.62. The summed E-state index contributed by atoms with van der Waals surface area (Å²) in [5.74, 6) is -1.63. The van der Waals surface area contributed by atoms with E-state index in [-0.39, 0.29) is 0 Å². The Morgan fingerprint density at radius 3 is 1.54 bits per heavy atom. The minimum atomic E-state index is -0.816. The number of benzene rings is 2. The van der Waals surface area contributed by atoms with E-state index in [1.807, 2.05) is 36.4 Å². The van der Waals surface area contributed by atoms with E-state index in [0.29, 0.717) is 0 Å². The maximum atomic E-state index is 12.1. The molecule has 2 aromatic rings. The molecule has 2 N–H and O–H groups in total. The lowest BCUT2D eigenvalue weighted by Crippen LogP contribution is -2.36. The van der Waals surface area contributed by atoms with E-state index < -0.39 is 11.8 Å².